The topological polar surface area (TPSA) is 33.4 Å². The third-order valence-corrected chi connectivity index (χ3v) is 7.65. The number of aryl methyl sites for hydroxylation is 1. The van der Waals surface area contributed by atoms with Crippen LogP contribution in [0.2, 0.25) is 5.02 Å². The van der Waals surface area contributed by atoms with Crippen LogP contribution in [0, 0.1) is 0 Å². The van der Waals surface area contributed by atoms with E-state index in [0.29, 0.717) is 36.0 Å². The van der Waals surface area contributed by atoms with E-state index in [4.69, 9.17) is 16.3 Å². The van der Waals surface area contributed by atoms with Crippen molar-refractivity contribution in [1.82, 2.24) is 4.90 Å². The number of rotatable bonds is 19. The van der Waals surface area contributed by atoms with Crippen LogP contribution in [-0.2, 0) is 20.1 Å². The molecule has 0 spiro atoms. The molecule has 224 valence electrons. The largest absolute Gasteiger partial charge is 1.00 e. The van der Waals surface area contributed by atoms with Crippen molar-refractivity contribution >= 4 is 17.5 Å². The van der Waals surface area contributed by atoms with Gasteiger partial charge in [-0.15, -0.1) is 0 Å². The summed E-state index contributed by atoms with van der Waals surface area (Å²) in [5.41, 5.74) is 2.74. The van der Waals surface area contributed by atoms with E-state index < -0.39 is 0 Å². The van der Waals surface area contributed by atoms with Gasteiger partial charge in [0.25, 0.3) is 5.91 Å². The van der Waals surface area contributed by atoms with Crippen LogP contribution in [0.5, 0.6) is 5.75 Å². The first-order valence-electron chi connectivity index (χ1n) is 15.3. The smallest absolute Gasteiger partial charge is 0.254 e. The highest BCUT2D eigenvalue weighted by Gasteiger charge is 2.18. The van der Waals surface area contributed by atoms with Crippen molar-refractivity contribution in [2.45, 2.75) is 97.1 Å². The summed E-state index contributed by atoms with van der Waals surface area (Å²) in [5, 5.41) is 0.593. The van der Waals surface area contributed by atoms with E-state index in [1.54, 1.807) is 0 Å². The number of nitrogens with zero attached hydrogens (tertiary/aromatic N) is 2. The van der Waals surface area contributed by atoms with Crippen LogP contribution in [0.25, 0.3) is 0 Å². The molecule has 6 heteroatoms. The summed E-state index contributed by atoms with van der Waals surface area (Å²) in [6.07, 6.45) is 19.9. The lowest BCUT2D eigenvalue weighted by Crippen LogP contribution is -3.00. The minimum Gasteiger partial charge on any atom is -1.00 e. The molecule has 0 bridgehead atoms. The number of ether oxygens (including phenoxy) is 1. The van der Waals surface area contributed by atoms with Crippen LogP contribution in [0.4, 0.5) is 0 Å². The second-order valence-corrected chi connectivity index (χ2v) is 11.3. The number of pyridine rings is 1. The minimum absolute atomic E-state index is 0. The molecule has 0 saturated heterocycles. The second kappa shape index (κ2) is 20.7. The van der Waals surface area contributed by atoms with Gasteiger partial charge in [0.2, 0.25) is 0 Å². The molecule has 0 atom stereocenters. The summed E-state index contributed by atoms with van der Waals surface area (Å²) in [5.74, 6) is 0.710. The number of halogens is 2. The van der Waals surface area contributed by atoms with E-state index >= 15 is 0 Å². The molecule has 2 aromatic carbocycles. The molecule has 1 heterocycles. The Balaban J connectivity index is 0.00000588. The molecule has 4 nitrogen and oxygen atoms in total. The molecule has 1 aromatic heterocycles. The molecule has 0 aliphatic rings. The van der Waals surface area contributed by atoms with Gasteiger partial charge >= 0.3 is 0 Å². The number of aromatic nitrogens is 1. The maximum absolute atomic E-state index is 13.4. The summed E-state index contributed by atoms with van der Waals surface area (Å²) < 4.78 is 7.99. The van der Waals surface area contributed by atoms with Crippen molar-refractivity contribution in [2.24, 2.45) is 7.05 Å². The first-order valence-corrected chi connectivity index (χ1v) is 15.6. The highest BCUT2D eigenvalue weighted by molar-refractivity contribution is 6.32. The maximum Gasteiger partial charge on any atom is 0.254 e. The minimum atomic E-state index is -0.00255. The Morgan fingerprint density at radius 3 is 1.90 bits per heavy atom. The Labute approximate surface area is 270 Å². The monoisotopic (exact) mass is 690 g/mol. The van der Waals surface area contributed by atoms with Crippen LogP contribution in [0.3, 0.4) is 0 Å². The first-order chi connectivity index (χ1) is 19.6. The fourth-order valence-corrected chi connectivity index (χ4v) is 5.18. The van der Waals surface area contributed by atoms with Crippen LogP contribution >= 0.6 is 11.6 Å². The molecule has 1 amide bonds. The number of benzene rings is 2. The van der Waals surface area contributed by atoms with Gasteiger partial charge in [-0.2, -0.15) is 0 Å². The molecular weight excluding hydrogens is 643 g/mol. The Bertz CT molecular complexity index is 1120. The Morgan fingerprint density at radius 1 is 0.756 bits per heavy atom. The molecule has 0 saturated carbocycles. The normalized spacial score (nSPS) is 10.7. The molecule has 0 aliphatic carbocycles. The molecule has 3 aromatic rings. The summed E-state index contributed by atoms with van der Waals surface area (Å²) in [4.78, 5) is 15.2. The summed E-state index contributed by atoms with van der Waals surface area (Å²) in [6.45, 7) is 3.94. The van der Waals surface area contributed by atoms with Crippen LogP contribution in [0.15, 0.2) is 73.1 Å². The second-order valence-electron chi connectivity index (χ2n) is 10.9. The lowest BCUT2D eigenvalue weighted by atomic mass is 10.1. The van der Waals surface area contributed by atoms with Gasteiger partial charge in [0.15, 0.2) is 12.4 Å². The zero-order valence-electron chi connectivity index (χ0n) is 25.0. The summed E-state index contributed by atoms with van der Waals surface area (Å²) in [7, 11) is 1.99. The zero-order chi connectivity index (χ0) is 28.4. The van der Waals surface area contributed by atoms with Crippen LogP contribution < -0.4 is 33.3 Å². The fourth-order valence-electron chi connectivity index (χ4n) is 4.93. The number of hydrogen-bond donors (Lipinski definition) is 0. The zero-order valence-corrected chi connectivity index (χ0v) is 27.9. The van der Waals surface area contributed by atoms with E-state index in [1.807, 2.05) is 89.6 Å². The van der Waals surface area contributed by atoms with Crippen molar-refractivity contribution in [3.63, 3.8) is 0 Å². The van der Waals surface area contributed by atoms with E-state index in [2.05, 4.69) is 6.92 Å². The fraction of sp³-hybridized carbons (Fsp3) is 0.486. The third kappa shape index (κ3) is 13.6. The van der Waals surface area contributed by atoms with Crippen molar-refractivity contribution in [2.75, 3.05) is 6.61 Å². The molecular formula is C35H48ClIN2O2. The van der Waals surface area contributed by atoms with Crippen LogP contribution in [0.1, 0.15) is 105 Å². The van der Waals surface area contributed by atoms with Crippen LogP contribution in [-0.4, -0.2) is 17.4 Å². The third-order valence-electron chi connectivity index (χ3n) is 7.35. The number of amides is 1. The molecule has 0 radical (unpaired) electrons. The molecule has 0 aliphatic heterocycles. The van der Waals surface area contributed by atoms with E-state index in [1.165, 1.54) is 70.6 Å². The molecule has 3 rings (SSSR count). The van der Waals surface area contributed by atoms with Crippen molar-refractivity contribution in [3.05, 3.63) is 94.8 Å². The molecule has 41 heavy (non-hydrogen) atoms. The predicted molar refractivity (Wildman–Crippen MR) is 166 cm³/mol. The Kier molecular flexibility index (Phi) is 17.7. The van der Waals surface area contributed by atoms with Crippen molar-refractivity contribution < 1.29 is 38.1 Å². The molecule has 0 unspecified atom stereocenters. The molecule has 0 N–H and O–H groups in total. The summed E-state index contributed by atoms with van der Waals surface area (Å²) in [6, 6.07) is 19.4. The Hall–Kier alpha value is -2.12. The van der Waals surface area contributed by atoms with Gasteiger partial charge in [0.1, 0.15) is 12.8 Å². The predicted octanol–water partition coefficient (Wildman–Crippen LogP) is 6.09. The number of carbonyl (C=O) groups excluding carboxylic acids is 1. The average Bonchev–Trinajstić information content (AvgIpc) is 2.97. The number of carbonyl (C=O) groups is 1. The van der Waals surface area contributed by atoms with Gasteiger partial charge in [0, 0.05) is 30.8 Å². The lowest BCUT2D eigenvalue weighted by Gasteiger charge is -2.23. The van der Waals surface area contributed by atoms with Gasteiger partial charge in [-0.05, 0) is 41.8 Å². The van der Waals surface area contributed by atoms with Gasteiger partial charge in [-0.25, -0.2) is 4.57 Å². The molecule has 0 fully saturated rings. The van der Waals surface area contributed by atoms with E-state index in [0.717, 1.165) is 17.5 Å². The quantitative estimate of drug-likeness (QED) is 0.0867. The van der Waals surface area contributed by atoms with Gasteiger partial charge in [0.05, 0.1) is 11.6 Å². The lowest BCUT2D eigenvalue weighted by molar-refractivity contribution is -0.671. The standard InChI is InChI=1S/C35H48ClN2O2.HI/c1-3-4-5-6-7-8-9-10-11-12-13-17-26-40-34-21-20-31(27-33(34)36)29-38(28-30-22-24-37(2)25-23-30)35(39)32-18-15-14-16-19-32;/h14-16,18-25,27H,3-13,17,26,28-29H2,1-2H3;1H/q+1;/p-1. The van der Waals surface area contributed by atoms with Crippen molar-refractivity contribution in [3.8, 4) is 5.75 Å². The maximum atomic E-state index is 13.4. The van der Waals surface area contributed by atoms with E-state index in [9.17, 15) is 4.79 Å². The van der Waals surface area contributed by atoms with Crippen molar-refractivity contribution in [1.29, 1.82) is 0 Å². The average molecular weight is 691 g/mol. The Morgan fingerprint density at radius 2 is 1.32 bits per heavy atom. The first kappa shape index (κ1) is 35.1. The van der Waals surface area contributed by atoms with Gasteiger partial charge in [-0.3, -0.25) is 4.79 Å². The van der Waals surface area contributed by atoms with Gasteiger partial charge < -0.3 is 33.6 Å². The highest BCUT2D eigenvalue weighted by atomic mass is 127. The number of unbranched alkanes of at least 4 members (excludes halogenated alkanes) is 11. The van der Waals surface area contributed by atoms with Gasteiger partial charge in [-0.1, -0.05) is 113 Å². The highest BCUT2D eigenvalue weighted by Crippen LogP contribution is 2.27. The van der Waals surface area contributed by atoms with E-state index in [-0.39, 0.29) is 29.9 Å². The SMILES string of the molecule is CCCCCCCCCCCCCCOc1ccc(CN(Cc2cc[n+](C)cc2)C(=O)c2ccccc2)cc1Cl.[I-]. The summed E-state index contributed by atoms with van der Waals surface area (Å²) >= 11 is 6.61. The number of hydrogen-bond acceptors (Lipinski definition) is 2.